The van der Waals surface area contributed by atoms with E-state index in [1.54, 1.807) is 6.07 Å². The highest BCUT2D eigenvalue weighted by Crippen LogP contribution is 2.28. The van der Waals surface area contributed by atoms with E-state index in [2.05, 4.69) is 53.2 Å². The van der Waals surface area contributed by atoms with Gasteiger partial charge in [0.2, 0.25) is 0 Å². The Morgan fingerprint density at radius 2 is 1.81 bits per heavy atom. The van der Waals surface area contributed by atoms with E-state index in [0.717, 1.165) is 22.9 Å². The maximum atomic E-state index is 10.1. The lowest BCUT2D eigenvalue weighted by atomic mass is 9.96. The molecular formula is C19H21BrO. The second kappa shape index (κ2) is 8.04. The topological polar surface area (TPSA) is 20.2 Å². The highest BCUT2D eigenvalue weighted by molar-refractivity contribution is 9.10. The molecule has 0 aromatic heterocycles. The first-order valence-corrected chi connectivity index (χ1v) is 8.22. The summed E-state index contributed by atoms with van der Waals surface area (Å²) in [7, 11) is 0. The quantitative estimate of drug-likeness (QED) is 0.640. The van der Waals surface area contributed by atoms with Crippen LogP contribution in [0.15, 0.2) is 59.1 Å². The zero-order valence-electron chi connectivity index (χ0n) is 12.3. The number of benzene rings is 2. The molecule has 0 heterocycles. The van der Waals surface area contributed by atoms with Gasteiger partial charge < -0.3 is 5.11 Å². The highest BCUT2D eigenvalue weighted by Gasteiger charge is 2.07. The second-order valence-corrected chi connectivity index (χ2v) is 6.11. The van der Waals surface area contributed by atoms with Crippen LogP contribution in [-0.2, 0) is 6.42 Å². The van der Waals surface area contributed by atoms with Gasteiger partial charge in [-0.1, -0.05) is 72.1 Å². The van der Waals surface area contributed by atoms with Crippen molar-refractivity contribution in [2.45, 2.75) is 32.6 Å². The van der Waals surface area contributed by atoms with E-state index in [0.29, 0.717) is 5.75 Å². The van der Waals surface area contributed by atoms with Gasteiger partial charge in [0.25, 0.3) is 0 Å². The molecule has 0 aliphatic heterocycles. The molecule has 2 aromatic carbocycles. The van der Waals surface area contributed by atoms with Crippen LogP contribution in [-0.4, -0.2) is 5.11 Å². The van der Waals surface area contributed by atoms with E-state index in [4.69, 9.17) is 0 Å². The number of unbranched alkanes of at least 4 members (excludes halogenated alkanes) is 2. The molecule has 1 N–H and O–H groups in total. The minimum atomic E-state index is 0.359. The molecule has 0 fully saturated rings. The molecule has 1 nitrogen and oxygen atoms in total. The third-order valence-electron chi connectivity index (χ3n) is 3.51. The number of phenolic OH excluding ortho intramolecular Hbond substituents is 1. The van der Waals surface area contributed by atoms with Gasteiger partial charge >= 0.3 is 0 Å². The fourth-order valence-corrected chi connectivity index (χ4v) is 2.59. The molecule has 2 heteroatoms. The fourth-order valence-electron chi connectivity index (χ4n) is 2.33. The molecule has 0 spiro atoms. The summed E-state index contributed by atoms with van der Waals surface area (Å²) in [5.41, 5.74) is 3.39. The molecular weight excluding hydrogens is 324 g/mol. The average Bonchev–Trinajstić information content (AvgIpc) is 2.49. The maximum absolute atomic E-state index is 10.1. The molecule has 110 valence electrons. The predicted molar refractivity (Wildman–Crippen MR) is 93.5 cm³/mol. The molecule has 0 atom stereocenters. The van der Waals surface area contributed by atoms with Crippen LogP contribution < -0.4 is 0 Å². The largest absolute Gasteiger partial charge is 0.507 e. The molecule has 0 aliphatic carbocycles. The summed E-state index contributed by atoms with van der Waals surface area (Å²) in [6, 6.07) is 16.0. The van der Waals surface area contributed by atoms with Crippen molar-refractivity contribution in [1.82, 2.24) is 0 Å². The monoisotopic (exact) mass is 344 g/mol. The normalized spacial score (nSPS) is 11.6. The van der Waals surface area contributed by atoms with Crippen LogP contribution in [0.25, 0.3) is 5.57 Å². The van der Waals surface area contributed by atoms with Crippen LogP contribution in [0.1, 0.15) is 37.3 Å². The minimum absolute atomic E-state index is 0.359. The van der Waals surface area contributed by atoms with Crippen molar-refractivity contribution in [3.63, 3.8) is 0 Å². The summed E-state index contributed by atoms with van der Waals surface area (Å²) in [5.74, 6) is 0.359. The number of allylic oxidation sites excluding steroid dienone is 2. The Morgan fingerprint density at radius 1 is 1.10 bits per heavy atom. The second-order valence-electron chi connectivity index (χ2n) is 5.19. The van der Waals surface area contributed by atoms with Crippen molar-refractivity contribution < 1.29 is 5.11 Å². The minimum Gasteiger partial charge on any atom is -0.507 e. The first-order chi connectivity index (χ1) is 10.2. The highest BCUT2D eigenvalue weighted by atomic mass is 79.9. The van der Waals surface area contributed by atoms with Crippen LogP contribution in [0, 0.1) is 0 Å². The Kier molecular flexibility index (Phi) is 6.06. The summed E-state index contributed by atoms with van der Waals surface area (Å²) in [5, 5.41) is 10.1. The first kappa shape index (κ1) is 15.8. The SMILES string of the molecule is CCCC/C=C(\Cc1ccc(Br)cc1)c1ccccc1O. The van der Waals surface area contributed by atoms with Gasteiger partial charge in [-0.15, -0.1) is 0 Å². The molecule has 0 radical (unpaired) electrons. The fraction of sp³-hybridized carbons (Fsp3) is 0.263. The molecule has 2 aromatic rings. The van der Waals surface area contributed by atoms with Gasteiger partial charge in [-0.25, -0.2) is 0 Å². The number of phenols is 1. The van der Waals surface area contributed by atoms with Crippen molar-refractivity contribution >= 4 is 21.5 Å². The molecule has 0 aliphatic rings. The van der Waals surface area contributed by atoms with Crippen LogP contribution in [0.3, 0.4) is 0 Å². The van der Waals surface area contributed by atoms with Crippen LogP contribution in [0.2, 0.25) is 0 Å². The summed E-state index contributed by atoms with van der Waals surface area (Å²) in [6.45, 7) is 2.20. The molecule has 0 bridgehead atoms. The Labute approximate surface area is 135 Å². The van der Waals surface area contributed by atoms with Crippen molar-refractivity contribution in [3.05, 3.63) is 70.2 Å². The molecule has 21 heavy (non-hydrogen) atoms. The lowest BCUT2D eigenvalue weighted by molar-refractivity contribution is 0.473. The molecule has 0 saturated heterocycles. The number of aromatic hydroxyl groups is 1. The molecule has 0 saturated carbocycles. The zero-order valence-corrected chi connectivity index (χ0v) is 13.9. The lowest BCUT2D eigenvalue weighted by Gasteiger charge is -2.11. The van der Waals surface area contributed by atoms with Gasteiger partial charge in [-0.3, -0.25) is 0 Å². The zero-order chi connectivity index (χ0) is 15.1. The van der Waals surface area contributed by atoms with Gasteiger partial charge in [-0.2, -0.15) is 0 Å². The van der Waals surface area contributed by atoms with Gasteiger partial charge in [-0.05, 0) is 42.2 Å². The van der Waals surface area contributed by atoms with E-state index in [1.165, 1.54) is 24.0 Å². The van der Waals surface area contributed by atoms with Gasteiger partial charge in [0.05, 0.1) is 0 Å². The number of para-hydroxylation sites is 1. The summed E-state index contributed by atoms with van der Waals surface area (Å²) in [6.07, 6.45) is 6.52. The summed E-state index contributed by atoms with van der Waals surface area (Å²) < 4.78 is 1.09. The van der Waals surface area contributed by atoms with E-state index in [1.807, 2.05) is 18.2 Å². The van der Waals surface area contributed by atoms with Gasteiger partial charge in [0.1, 0.15) is 5.75 Å². The maximum Gasteiger partial charge on any atom is 0.123 e. The molecule has 2 rings (SSSR count). The Bertz CT molecular complexity index is 599. The smallest absolute Gasteiger partial charge is 0.123 e. The molecule has 0 unspecified atom stereocenters. The Morgan fingerprint density at radius 3 is 2.48 bits per heavy atom. The van der Waals surface area contributed by atoms with Gasteiger partial charge in [0, 0.05) is 10.0 Å². The van der Waals surface area contributed by atoms with E-state index in [9.17, 15) is 5.11 Å². The van der Waals surface area contributed by atoms with Crippen LogP contribution >= 0.6 is 15.9 Å². The van der Waals surface area contributed by atoms with E-state index >= 15 is 0 Å². The number of hydrogen-bond acceptors (Lipinski definition) is 1. The number of halogens is 1. The first-order valence-electron chi connectivity index (χ1n) is 7.42. The van der Waals surface area contributed by atoms with Crippen molar-refractivity contribution in [1.29, 1.82) is 0 Å². The third-order valence-corrected chi connectivity index (χ3v) is 4.03. The van der Waals surface area contributed by atoms with Crippen molar-refractivity contribution in [3.8, 4) is 5.75 Å². The Hall–Kier alpha value is -1.54. The summed E-state index contributed by atoms with van der Waals surface area (Å²) in [4.78, 5) is 0. The standard InChI is InChI=1S/C19H21BrO/c1-2-3-4-7-16(18-8-5-6-9-19(18)21)14-15-10-12-17(20)13-11-15/h5-13,21H,2-4,14H2,1H3/b16-7+. The number of hydrogen-bond donors (Lipinski definition) is 1. The van der Waals surface area contributed by atoms with E-state index in [-0.39, 0.29) is 0 Å². The number of rotatable bonds is 6. The predicted octanol–water partition coefficient (Wildman–Crippen LogP) is 5.97. The third kappa shape index (κ3) is 4.75. The van der Waals surface area contributed by atoms with Gasteiger partial charge in [0.15, 0.2) is 0 Å². The van der Waals surface area contributed by atoms with Crippen molar-refractivity contribution in [2.75, 3.05) is 0 Å². The average molecular weight is 345 g/mol. The van der Waals surface area contributed by atoms with E-state index < -0.39 is 0 Å². The molecule has 0 amide bonds. The van der Waals surface area contributed by atoms with Crippen LogP contribution in [0.4, 0.5) is 0 Å². The summed E-state index contributed by atoms with van der Waals surface area (Å²) >= 11 is 3.46. The van der Waals surface area contributed by atoms with Crippen molar-refractivity contribution in [2.24, 2.45) is 0 Å². The van der Waals surface area contributed by atoms with Crippen LogP contribution in [0.5, 0.6) is 5.75 Å². The Balaban J connectivity index is 2.26. The lowest BCUT2D eigenvalue weighted by Crippen LogP contribution is -1.92.